The topological polar surface area (TPSA) is 68.2 Å². The van der Waals surface area contributed by atoms with Crippen molar-refractivity contribution < 1.29 is 19.1 Å². The third kappa shape index (κ3) is 8.55. The molecular formula is C22H34N2O4. The Hall–Kier alpha value is -2.37. The number of rotatable bonds is 3. The number of amides is 2. The summed E-state index contributed by atoms with van der Waals surface area (Å²) in [5, 5.41) is 0. The SMILES string of the molecule is Cc1cccc(CN(C(=O)OC(C)(C)C)C(=NC(=O)OC(C)(C)C)C(C)C)c1. The van der Waals surface area contributed by atoms with Gasteiger partial charge in [0.05, 0.1) is 6.54 Å². The van der Waals surface area contributed by atoms with Crippen LogP contribution in [0.15, 0.2) is 29.3 Å². The van der Waals surface area contributed by atoms with Crippen molar-refractivity contribution in [3.8, 4) is 0 Å². The number of nitrogens with zero attached hydrogens (tertiary/aromatic N) is 2. The summed E-state index contributed by atoms with van der Waals surface area (Å²) in [7, 11) is 0. The summed E-state index contributed by atoms with van der Waals surface area (Å²) >= 11 is 0. The highest BCUT2D eigenvalue weighted by atomic mass is 16.6. The summed E-state index contributed by atoms with van der Waals surface area (Å²) in [5.74, 6) is 0.120. The molecule has 0 aliphatic rings. The molecule has 0 heterocycles. The fourth-order valence-corrected chi connectivity index (χ4v) is 2.43. The second-order valence-corrected chi connectivity index (χ2v) is 9.16. The monoisotopic (exact) mass is 390 g/mol. The standard InChI is InChI=1S/C22H34N2O4/c1-15(2)18(23-19(25)27-21(4,5)6)24(20(26)28-22(7,8)9)14-17-12-10-11-16(3)13-17/h10-13,15H,14H2,1-9H3. The quantitative estimate of drug-likeness (QED) is 0.489. The van der Waals surface area contributed by atoms with Crippen LogP contribution in [0.2, 0.25) is 0 Å². The lowest BCUT2D eigenvalue weighted by Gasteiger charge is -2.30. The van der Waals surface area contributed by atoms with Crippen LogP contribution in [0.3, 0.4) is 0 Å². The normalized spacial score (nSPS) is 12.7. The van der Waals surface area contributed by atoms with Crippen LogP contribution in [0.1, 0.15) is 66.5 Å². The molecule has 0 aromatic heterocycles. The summed E-state index contributed by atoms with van der Waals surface area (Å²) in [5.41, 5.74) is 0.659. The lowest BCUT2D eigenvalue weighted by molar-refractivity contribution is 0.0350. The van der Waals surface area contributed by atoms with E-state index in [1.54, 1.807) is 41.5 Å². The number of aliphatic imine (C=N–C) groups is 1. The Balaban J connectivity index is 3.31. The van der Waals surface area contributed by atoms with Crippen LogP contribution in [0.25, 0.3) is 0 Å². The van der Waals surface area contributed by atoms with Gasteiger partial charge in [-0.15, -0.1) is 0 Å². The van der Waals surface area contributed by atoms with Gasteiger partial charge in [0, 0.05) is 5.92 Å². The lowest BCUT2D eigenvalue weighted by atomic mass is 10.1. The van der Waals surface area contributed by atoms with E-state index in [0.29, 0.717) is 5.84 Å². The number of carbonyl (C=O) groups is 2. The highest BCUT2D eigenvalue weighted by Gasteiger charge is 2.29. The third-order valence-electron chi connectivity index (χ3n) is 3.43. The molecule has 6 heteroatoms. The van der Waals surface area contributed by atoms with Crippen molar-refractivity contribution in [2.24, 2.45) is 10.9 Å². The summed E-state index contributed by atoms with van der Waals surface area (Å²) in [6.45, 7) is 16.7. The predicted molar refractivity (Wildman–Crippen MR) is 111 cm³/mol. The zero-order valence-electron chi connectivity index (χ0n) is 18.6. The molecule has 0 aliphatic carbocycles. The molecule has 1 aromatic carbocycles. The number of amidine groups is 1. The number of benzene rings is 1. The van der Waals surface area contributed by atoms with Crippen molar-refractivity contribution in [3.05, 3.63) is 35.4 Å². The van der Waals surface area contributed by atoms with Crippen LogP contribution < -0.4 is 0 Å². The van der Waals surface area contributed by atoms with E-state index < -0.39 is 23.4 Å². The van der Waals surface area contributed by atoms with E-state index in [1.807, 2.05) is 45.0 Å². The minimum atomic E-state index is -0.728. The number of hydrogen-bond acceptors (Lipinski definition) is 4. The average Bonchev–Trinajstić information content (AvgIpc) is 2.47. The maximum Gasteiger partial charge on any atom is 0.435 e. The Morgan fingerprint density at radius 2 is 1.61 bits per heavy atom. The van der Waals surface area contributed by atoms with Crippen molar-refractivity contribution >= 4 is 18.0 Å². The summed E-state index contributed by atoms with van der Waals surface area (Å²) in [4.78, 5) is 30.8. The van der Waals surface area contributed by atoms with Crippen molar-refractivity contribution in [1.82, 2.24) is 4.90 Å². The highest BCUT2D eigenvalue weighted by molar-refractivity contribution is 6.01. The van der Waals surface area contributed by atoms with E-state index in [-0.39, 0.29) is 12.5 Å². The van der Waals surface area contributed by atoms with Gasteiger partial charge in [-0.2, -0.15) is 4.99 Å². The van der Waals surface area contributed by atoms with Gasteiger partial charge >= 0.3 is 12.2 Å². The molecule has 156 valence electrons. The van der Waals surface area contributed by atoms with E-state index in [4.69, 9.17) is 9.47 Å². The number of aryl methyl sites for hydroxylation is 1. The third-order valence-corrected chi connectivity index (χ3v) is 3.43. The van der Waals surface area contributed by atoms with Crippen LogP contribution in [0.5, 0.6) is 0 Å². The second-order valence-electron chi connectivity index (χ2n) is 9.16. The molecular weight excluding hydrogens is 356 g/mol. The van der Waals surface area contributed by atoms with Gasteiger partial charge in [-0.3, -0.25) is 4.90 Å². The first-order chi connectivity index (χ1) is 12.7. The van der Waals surface area contributed by atoms with E-state index in [0.717, 1.165) is 11.1 Å². The van der Waals surface area contributed by atoms with Crippen LogP contribution in [0.4, 0.5) is 9.59 Å². The van der Waals surface area contributed by atoms with Gasteiger partial charge in [0.2, 0.25) is 0 Å². The molecule has 0 unspecified atom stereocenters. The van der Waals surface area contributed by atoms with Gasteiger partial charge in [0.1, 0.15) is 17.0 Å². The Bertz CT molecular complexity index is 725. The number of ether oxygens (including phenoxy) is 2. The minimum absolute atomic E-state index is 0.190. The predicted octanol–water partition coefficient (Wildman–Crippen LogP) is 5.72. The molecule has 0 N–H and O–H groups in total. The summed E-state index contributed by atoms with van der Waals surface area (Å²) in [6, 6.07) is 7.83. The van der Waals surface area contributed by atoms with Gasteiger partial charge in [0.25, 0.3) is 0 Å². The first-order valence-electron chi connectivity index (χ1n) is 9.55. The molecule has 0 fully saturated rings. The van der Waals surface area contributed by atoms with Crippen molar-refractivity contribution in [3.63, 3.8) is 0 Å². The molecule has 28 heavy (non-hydrogen) atoms. The van der Waals surface area contributed by atoms with Gasteiger partial charge < -0.3 is 9.47 Å². The van der Waals surface area contributed by atoms with E-state index >= 15 is 0 Å². The van der Waals surface area contributed by atoms with Crippen molar-refractivity contribution in [1.29, 1.82) is 0 Å². The van der Waals surface area contributed by atoms with E-state index in [2.05, 4.69) is 4.99 Å². The van der Waals surface area contributed by atoms with Crippen molar-refractivity contribution in [2.45, 2.75) is 80.1 Å². The van der Waals surface area contributed by atoms with Crippen LogP contribution >= 0.6 is 0 Å². The molecule has 0 saturated carbocycles. The second kappa shape index (κ2) is 9.22. The Morgan fingerprint density at radius 3 is 2.07 bits per heavy atom. The van der Waals surface area contributed by atoms with Gasteiger partial charge in [0.15, 0.2) is 0 Å². The number of hydrogen-bond donors (Lipinski definition) is 0. The zero-order valence-corrected chi connectivity index (χ0v) is 18.6. The fraction of sp³-hybridized carbons (Fsp3) is 0.591. The summed E-state index contributed by atoms with van der Waals surface area (Å²) < 4.78 is 10.9. The fourth-order valence-electron chi connectivity index (χ4n) is 2.43. The van der Waals surface area contributed by atoms with E-state index in [9.17, 15) is 9.59 Å². The molecule has 0 saturated heterocycles. The largest absolute Gasteiger partial charge is 0.443 e. The maximum atomic E-state index is 12.9. The molecule has 1 aromatic rings. The molecule has 1 rings (SSSR count). The zero-order chi connectivity index (χ0) is 21.7. The number of carbonyl (C=O) groups excluding carboxylic acids is 2. The molecule has 0 spiro atoms. The lowest BCUT2D eigenvalue weighted by Crippen LogP contribution is -2.43. The van der Waals surface area contributed by atoms with E-state index in [1.165, 1.54) is 4.90 Å². The highest BCUT2D eigenvalue weighted by Crippen LogP contribution is 2.18. The molecule has 0 radical (unpaired) electrons. The Labute approximate surface area is 168 Å². The molecule has 0 aliphatic heterocycles. The summed E-state index contributed by atoms with van der Waals surface area (Å²) in [6.07, 6.45) is -1.28. The molecule has 6 nitrogen and oxygen atoms in total. The average molecular weight is 391 g/mol. The van der Waals surface area contributed by atoms with Crippen molar-refractivity contribution in [2.75, 3.05) is 0 Å². The van der Waals surface area contributed by atoms with Crippen LogP contribution in [-0.2, 0) is 16.0 Å². The maximum absolute atomic E-state index is 12.9. The molecule has 0 bridgehead atoms. The van der Waals surface area contributed by atoms with Crippen LogP contribution in [0, 0.1) is 12.8 Å². The van der Waals surface area contributed by atoms with Crippen LogP contribution in [-0.4, -0.2) is 34.1 Å². The van der Waals surface area contributed by atoms with Gasteiger partial charge in [-0.1, -0.05) is 43.7 Å². The Morgan fingerprint density at radius 1 is 1.04 bits per heavy atom. The molecule has 2 amide bonds. The smallest absolute Gasteiger partial charge is 0.435 e. The minimum Gasteiger partial charge on any atom is -0.443 e. The van der Waals surface area contributed by atoms with Gasteiger partial charge in [-0.05, 0) is 54.0 Å². The first kappa shape index (κ1) is 23.7. The first-order valence-corrected chi connectivity index (χ1v) is 9.55. The molecule has 0 atom stereocenters. The van der Waals surface area contributed by atoms with Gasteiger partial charge in [-0.25, -0.2) is 9.59 Å². The Kier molecular flexibility index (Phi) is 7.79.